The van der Waals surface area contributed by atoms with Gasteiger partial charge in [0.25, 0.3) is 0 Å². The Morgan fingerprint density at radius 2 is 1.65 bits per heavy atom. The van der Waals surface area contributed by atoms with Crippen LogP contribution in [0.15, 0.2) is 0 Å². The van der Waals surface area contributed by atoms with Crippen LogP contribution in [0.3, 0.4) is 0 Å². The Bertz CT molecular complexity index is 474. The molecular formula is C13H18N2S2. The second kappa shape index (κ2) is 3.58. The summed E-state index contributed by atoms with van der Waals surface area (Å²) in [6, 6.07) is 0. The maximum Gasteiger partial charge on any atom is 0.160 e. The molecule has 0 radical (unpaired) electrons. The number of H-pyrrole nitrogens is 1. The predicted molar refractivity (Wildman–Crippen MR) is 73.7 cm³/mol. The lowest BCUT2D eigenvalue weighted by molar-refractivity contribution is -0.00375. The normalized spacial score (nSPS) is 43.2. The van der Waals surface area contributed by atoms with Crippen molar-refractivity contribution in [2.75, 3.05) is 5.73 Å². The minimum Gasteiger partial charge on any atom is -0.389 e. The molecule has 4 saturated carbocycles. The van der Waals surface area contributed by atoms with E-state index in [1.165, 1.54) is 37.8 Å². The van der Waals surface area contributed by atoms with Crippen LogP contribution in [0.4, 0.5) is 5.00 Å². The Hall–Kier alpha value is -0.350. The average Bonchev–Trinajstić information content (AvgIpc) is 2.56. The van der Waals surface area contributed by atoms with Gasteiger partial charge >= 0.3 is 0 Å². The van der Waals surface area contributed by atoms with Crippen LogP contribution in [0.1, 0.15) is 43.7 Å². The van der Waals surface area contributed by atoms with Gasteiger partial charge in [-0.25, -0.2) is 0 Å². The zero-order valence-electron chi connectivity index (χ0n) is 9.82. The van der Waals surface area contributed by atoms with Crippen molar-refractivity contribution >= 4 is 28.6 Å². The van der Waals surface area contributed by atoms with Gasteiger partial charge in [-0.2, -0.15) is 0 Å². The summed E-state index contributed by atoms with van der Waals surface area (Å²) in [5.41, 5.74) is 7.43. The number of nitrogen functional groups attached to an aromatic ring is 1. The van der Waals surface area contributed by atoms with Crippen LogP contribution in [0.25, 0.3) is 0 Å². The number of aromatic nitrogens is 1. The molecule has 1 aromatic heterocycles. The molecule has 4 heteroatoms. The van der Waals surface area contributed by atoms with Crippen LogP contribution in [0.2, 0.25) is 0 Å². The fraction of sp³-hybridized carbons (Fsp3) is 0.769. The summed E-state index contributed by atoms with van der Waals surface area (Å²) in [5, 5.41) is 0.951. The highest BCUT2D eigenvalue weighted by molar-refractivity contribution is 7.73. The van der Waals surface area contributed by atoms with Gasteiger partial charge in [-0.05, 0) is 68.0 Å². The Morgan fingerprint density at radius 3 is 2.12 bits per heavy atom. The van der Waals surface area contributed by atoms with Gasteiger partial charge in [0.15, 0.2) is 3.95 Å². The maximum absolute atomic E-state index is 6.14. The number of aromatic amines is 1. The summed E-state index contributed by atoms with van der Waals surface area (Å²) < 4.78 is 0.853. The molecule has 1 aromatic rings. The van der Waals surface area contributed by atoms with Crippen molar-refractivity contribution in [3.8, 4) is 0 Å². The molecule has 1 heterocycles. The molecule has 17 heavy (non-hydrogen) atoms. The minimum atomic E-state index is 0.691. The predicted octanol–water partition coefficient (Wildman–Crippen LogP) is 3.93. The van der Waals surface area contributed by atoms with E-state index in [9.17, 15) is 0 Å². The van der Waals surface area contributed by atoms with E-state index < -0.39 is 0 Å². The van der Waals surface area contributed by atoms with Crippen molar-refractivity contribution < 1.29 is 0 Å². The second-order valence-electron chi connectivity index (χ2n) is 6.25. The van der Waals surface area contributed by atoms with Crippen molar-refractivity contribution in [2.45, 2.75) is 38.0 Å². The Morgan fingerprint density at radius 1 is 1.06 bits per heavy atom. The second-order valence-corrected chi connectivity index (χ2v) is 7.97. The number of thiazole rings is 1. The number of hydrogen-bond donors (Lipinski definition) is 2. The molecule has 0 unspecified atom stereocenters. The third kappa shape index (κ3) is 1.53. The molecule has 2 nitrogen and oxygen atoms in total. The number of nitrogens with one attached hydrogen (secondary N) is 1. The largest absolute Gasteiger partial charge is 0.389 e. The van der Waals surface area contributed by atoms with Crippen LogP contribution < -0.4 is 5.73 Å². The van der Waals surface area contributed by atoms with E-state index >= 15 is 0 Å². The standard InChI is InChI=1S/C13H18N2S2/c14-12-11(15-13(16)17-12)10-8-2-6-1-7(4-8)5-9(10)3-6/h6-10H,1-5,14H2,(H,15,16). The molecule has 0 aliphatic heterocycles. The van der Waals surface area contributed by atoms with Gasteiger partial charge in [0.05, 0.1) is 5.69 Å². The highest BCUT2D eigenvalue weighted by Gasteiger charge is 2.49. The maximum atomic E-state index is 6.14. The Labute approximate surface area is 111 Å². The molecule has 0 saturated heterocycles. The van der Waals surface area contributed by atoms with Gasteiger partial charge in [-0.1, -0.05) is 11.3 Å². The molecule has 0 spiro atoms. The zero-order chi connectivity index (χ0) is 11.6. The lowest BCUT2D eigenvalue weighted by Gasteiger charge is -2.54. The van der Waals surface area contributed by atoms with Crippen molar-refractivity contribution in [1.29, 1.82) is 0 Å². The van der Waals surface area contributed by atoms with E-state index in [-0.39, 0.29) is 0 Å². The number of hydrogen-bond acceptors (Lipinski definition) is 3. The molecule has 4 fully saturated rings. The first kappa shape index (κ1) is 10.6. The lowest BCUT2D eigenvalue weighted by atomic mass is 9.51. The first-order valence-electron chi connectivity index (χ1n) is 6.69. The highest BCUT2D eigenvalue weighted by atomic mass is 32.1. The summed E-state index contributed by atoms with van der Waals surface area (Å²) in [6.45, 7) is 0. The van der Waals surface area contributed by atoms with Crippen LogP contribution in [-0.4, -0.2) is 4.98 Å². The van der Waals surface area contributed by atoms with Gasteiger partial charge < -0.3 is 10.7 Å². The van der Waals surface area contributed by atoms with Crippen molar-refractivity contribution in [3.05, 3.63) is 9.65 Å². The molecule has 4 bridgehead atoms. The van der Waals surface area contributed by atoms with Gasteiger partial charge in [-0.15, -0.1) is 0 Å². The number of anilines is 1. The van der Waals surface area contributed by atoms with Gasteiger partial charge in [0.2, 0.25) is 0 Å². The Balaban J connectivity index is 1.75. The SMILES string of the molecule is Nc1sc(=S)[nH]c1C1C2CC3CC(C2)CC1C3. The van der Waals surface area contributed by atoms with Crippen molar-refractivity contribution in [2.24, 2.45) is 23.7 Å². The molecule has 4 aliphatic rings. The number of nitrogens with two attached hydrogens (primary N) is 1. The smallest absolute Gasteiger partial charge is 0.160 e. The van der Waals surface area contributed by atoms with Gasteiger partial charge in [-0.3, -0.25) is 0 Å². The molecule has 4 aliphatic carbocycles. The summed E-state index contributed by atoms with van der Waals surface area (Å²) in [6.07, 6.45) is 7.26. The molecule has 3 N–H and O–H groups in total. The topological polar surface area (TPSA) is 41.8 Å². The van der Waals surface area contributed by atoms with E-state index in [1.54, 1.807) is 11.3 Å². The summed E-state index contributed by atoms with van der Waals surface area (Å²) in [5.74, 6) is 4.51. The van der Waals surface area contributed by atoms with Crippen molar-refractivity contribution in [1.82, 2.24) is 4.98 Å². The summed E-state index contributed by atoms with van der Waals surface area (Å²) in [7, 11) is 0. The van der Waals surface area contributed by atoms with Crippen LogP contribution in [0.5, 0.6) is 0 Å². The molecule has 0 amide bonds. The molecule has 0 aromatic carbocycles. The van der Waals surface area contributed by atoms with Crippen LogP contribution >= 0.6 is 23.6 Å². The third-order valence-corrected chi connectivity index (χ3v) is 6.34. The quantitative estimate of drug-likeness (QED) is 0.756. The molecule has 92 valence electrons. The molecule has 5 rings (SSSR count). The third-order valence-electron chi connectivity index (χ3n) is 5.26. The first-order valence-corrected chi connectivity index (χ1v) is 7.91. The monoisotopic (exact) mass is 266 g/mol. The average molecular weight is 266 g/mol. The molecule has 0 atom stereocenters. The van der Waals surface area contributed by atoms with Crippen molar-refractivity contribution in [3.63, 3.8) is 0 Å². The summed E-state index contributed by atoms with van der Waals surface area (Å²) in [4.78, 5) is 3.38. The summed E-state index contributed by atoms with van der Waals surface area (Å²) >= 11 is 6.79. The Kier molecular flexibility index (Phi) is 2.22. The van der Waals surface area contributed by atoms with E-state index in [0.717, 1.165) is 32.6 Å². The van der Waals surface area contributed by atoms with Crippen LogP contribution in [-0.2, 0) is 0 Å². The number of rotatable bonds is 1. The van der Waals surface area contributed by atoms with Gasteiger partial charge in [0, 0.05) is 5.92 Å². The van der Waals surface area contributed by atoms with E-state index in [1.807, 2.05) is 0 Å². The minimum absolute atomic E-state index is 0.691. The zero-order valence-corrected chi connectivity index (χ0v) is 11.4. The van der Waals surface area contributed by atoms with Gasteiger partial charge in [0.1, 0.15) is 5.00 Å². The lowest BCUT2D eigenvalue weighted by Crippen LogP contribution is -2.44. The fourth-order valence-electron chi connectivity index (χ4n) is 5.00. The van der Waals surface area contributed by atoms with E-state index in [2.05, 4.69) is 4.98 Å². The first-order chi connectivity index (χ1) is 8.20. The highest BCUT2D eigenvalue weighted by Crippen LogP contribution is 2.60. The molecular weight excluding hydrogens is 248 g/mol. The van der Waals surface area contributed by atoms with Crippen LogP contribution in [0, 0.1) is 27.6 Å². The van der Waals surface area contributed by atoms with E-state index in [0.29, 0.717) is 5.92 Å². The van der Waals surface area contributed by atoms with E-state index in [4.69, 9.17) is 18.0 Å². The fourth-order valence-corrected chi connectivity index (χ4v) is 6.03.